The highest BCUT2D eigenvalue weighted by molar-refractivity contribution is 5.85. The molecule has 0 fully saturated rings. The van der Waals surface area contributed by atoms with E-state index in [1.165, 1.54) is 12.1 Å². The molecule has 0 aliphatic rings. The summed E-state index contributed by atoms with van der Waals surface area (Å²) in [4.78, 5) is 13.5. The topological polar surface area (TPSA) is 41.6 Å². The summed E-state index contributed by atoms with van der Waals surface area (Å²) in [6, 6.07) is 6.05. The molecule has 0 saturated heterocycles. The Morgan fingerprint density at radius 2 is 2.11 bits per heavy atom. The van der Waals surface area contributed by atoms with Crippen LogP contribution < -0.4 is 10.1 Å². The number of hydrogen-bond donors (Lipinski definition) is 1. The van der Waals surface area contributed by atoms with Gasteiger partial charge in [0.2, 0.25) is 0 Å². The Labute approximate surface area is 119 Å². The quantitative estimate of drug-likeness (QED) is 0.867. The third-order valence-corrected chi connectivity index (χ3v) is 2.56. The lowest BCUT2D eigenvalue weighted by Crippen LogP contribution is -2.40. The van der Waals surface area contributed by atoms with Gasteiger partial charge in [0.15, 0.2) is 17.7 Å². The molecule has 1 rings (SSSR count). The summed E-state index contributed by atoms with van der Waals surface area (Å²) in [5.41, 5.74) is 0. The maximum absolute atomic E-state index is 13.4. The zero-order chi connectivity index (χ0) is 13.5. The van der Waals surface area contributed by atoms with Crippen LogP contribution in [0.2, 0.25) is 0 Å². The van der Waals surface area contributed by atoms with Crippen molar-refractivity contribution >= 4 is 18.3 Å². The summed E-state index contributed by atoms with van der Waals surface area (Å²) >= 11 is 0. The summed E-state index contributed by atoms with van der Waals surface area (Å²) in [6.07, 6.45) is -0.705. The van der Waals surface area contributed by atoms with Crippen LogP contribution in [0, 0.1) is 5.82 Å². The Kier molecular flexibility index (Phi) is 8.11. The molecule has 0 heterocycles. The number of carbonyl (C=O) groups is 1. The predicted octanol–water partition coefficient (Wildman–Crippen LogP) is 1.69. The number of halogens is 2. The first-order chi connectivity index (χ1) is 8.56. The van der Waals surface area contributed by atoms with Crippen molar-refractivity contribution in [1.29, 1.82) is 0 Å². The molecule has 0 bridgehead atoms. The molecule has 4 nitrogen and oxygen atoms in total. The Morgan fingerprint density at radius 1 is 1.47 bits per heavy atom. The second kappa shape index (κ2) is 8.72. The van der Waals surface area contributed by atoms with E-state index in [-0.39, 0.29) is 24.1 Å². The number of rotatable bonds is 6. The van der Waals surface area contributed by atoms with Crippen molar-refractivity contribution < 1.29 is 13.9 Å². The van der Waals surface area contributed by atoms with Gasteiger partial charge in [-0.2, -0.15) is 0 Å². The van der Waals surface area contributed by atoms with E-state index in [1.54, 1.807) is 31.0 Å². The van der Waals surface area contributed by atoms with E-state index in [2.05, 4.69) is 5.32 Å². The van der Waals surface area contributed by atoms with Crippen molar-refractivity contribution in [3.05, 3.63) is 30.1 Å². The molecule has 19 heavy (non-hydrogen) atoms. The molecule has 108 valence electrons. The fourth-order valence-electron chi connectivity index (χ4n) is 1.48. The maximum atomic E-state index is 13.4. The van der Waals surface area contributed by atoms with E-state index in [9.17, 15) is 9.18 Å². The minimum atomic E-state index is -0.705. The summed E-state index contributed by atoms with van der Waals surface area (Å²) in [5, 5.41) is 2.96. The van der Waals surface area contributed by atoms with E-state index in [0.29, 0.717) is 13.1 Å². The number of benzene rings is 1. The van der Waals surface area contributed by atoms with Crippen molar-refractivity contribution in [2.45, 2.75) is 13.0 Å². The van der Waals surface area contributed by atoms with Crippen LogP contribution in [0.15, 0.2) is 24.3 Å². The molecular formula is C13H20ClFN2O2. The third-order valence-electron chi connectivity index (χ3n) is 2.56. The summed E-state index contributed by atoms with van der Waals surface area (Å²) < 4.78 is 18.7. The highest BCUT2D eigenvalue weighted by Gasteiger charge is 2.19. The number of hydrogen-bond acceptors (Lipinski definition) is 3. The largest absolute Gasteiger partial charge is 0.478 e. The number of amides is 1. The Hall–Kier alpha value is -1.33. The van der Waals surface area contributed by atoms with Crippen LogP contribution in [-0.4, -0.2) is 44.1 Å². The Morgan fingerprint density at radius 3 is 2.68 bits per heavy atom. The van der Waals surface area contributed by atoms with Gasteiger partial charge in [0.25, 0.3) is 5.91 Å². The van der Waals surface area contributed by atoms with Gasteiger partial charge in [0.1, 0.15) is 0 Å². The lowest BCUT2D eigenvalue weighted by atomic mass is 10.3. The van der Waals surface area contributed by atoms with Gasteiger partial charge < -0.3 is 15.0 Å². The monoisotopic (exact) mass is 290 g/mol. The summed E-state index contributed by atoms with van der Waals surface area (Å²) in [6.45, 7) is 2.90. The zero-order valence-corrected chi connectivity index (χ0v) is 12.2. The number of nitrogens with one attached hydrogen (secondary N) is 1. The summed E-state index contributed by atoms with van der Waals surface area (Å²) in [5.74, 6) is -0.538. The van der Waals surface area contributed by atoms with Crippen LogP contribution in [0.3, 0.4) is 0 Å². The molecule has 1 amide bonds. The molecule has 0 aromatic heterocycles. The zero-order valence-electron chi connectivity index (χ0n) is 11.4. The highest BCUT2D eigenvalue weighted by atomic mass is 35.5. The van der Waals surface area contributed by atoms with Crippen molar-refractivity contribution in [1.82, 2.24) is 10.2 Å². The lowest BCUT2D eigenvalue weighted by Gasteiger charge is -2.22. The molecule has 1 N–H and O–H groups in total. The molecule has 1 atom stereocenters. The van der Waals surface area contributed by atoms with Gasteiger partial charge in [-0.3, -0.25) is 4.79 Å². The average molecular weight is 291 g/mol. The fourth-order valence-corrected chi connectivity index (χ4v) is 1.48. The molecule has 1 aromatic carbocycles. The molecule has 0 spiro atoms. The first-order valence-corrected chi connectivity index (χ1v) is 5.87. The van der Waals surface area contributed by atoms with Gasteiger partial charge in [0, 0.05) is 20.1 Å². The van der Waals surface area contributed by atoms with Gasteiger partial charge in [-0.05, 0) is 26.1 Å². The minimum absolute atomic E-state index is 0. The van der Waals surface area contributed by atoms with Crippen molar-refractivity contribution in [2.24, 2.45) is 0 Å². The number of nitrogens with zero attached hydrogens (tertiary/aromatic N) is 1. The maximum Gasteiger partial charge on any atom is 0.263 e. The first kappa shape index (κ1) is 17.7. The SMILES string of the molecule is CNCCN(C)C(=O)C(C)Oc1ccccc1F.Cl. The van der Waals surface area contributed by atoms with Gasteiger partial charge >= 0.3 is 0 Å². The molecule has 0 saturated carbocycles. The smallest absolute Gasteiger partial charge is 0.263 e. The Balaban J connectivity index is 0.00000324. The van der Waals surface area contributed by atoms with Crippen molar-refractivity contribution in [3.8, 4) is 5.75 Å². The second-order valence-corrected chi connectivity index (χ2v) is 4.05. The van der Waals surface area contributed by atoms with E-state index >= 15 is 0 Å². The number of para-hydroxylation sites is 1. The van der Waals surface area contributed by atoms with Crippen molar-refractivity contribution in [3.63, 3.8) is 0 Å². The second-order valence-electron chi connectivity index (χ2n) is 4.05. The standard InChI is InChI=1S/C13H19FN2O2.ClH/c1-10(13(17)16(3)9-8-15-2)18-12-7-5-4-6-11(12)14;/h4-7,10,15H,8-9H2,1-3H3;1H. The highest BCUT2D eigenvalue weighted by Crippen LogP contribution is 2.17. The third kappa shape index (κ3) is 5.44. The molecule has 6 heteroatoms. The number of carbonyl (C=O) groups excluding carboxylic acids is 1. The lowest BCUT2D eigenvalue weighted by molar-refractivity contribution is -0.136. The number of ether oxygens (including phenoxy) is 1. The fraction of sp³-hybridized carbons (Fsp3) is 0.462. The molecule has 0 radical (unpaired) electrons. The van der Waals surface area contributed by atoms with Gasteiger partial charge in [-0.1, -0.05) is 12.1 Å². The normalized spacial score (nSPS) is 11.4. The predicted molar refractivity (Wildman–Crippen MR) is 75.3 cm³/mol. The van der Waals surface area contributed by atoms with Crippen molar-refractivity contribution in [2.75, 3.05) is 27.2 Å². The molecule has 1 aromatic rings. The number of likely N-dealkylation sites (N-methyl/N-ethyl adjacent to an activating group) is 2. The van der Waals surface area contributed by atoms with Crippen LogP contribution >= 0.6 is 12.4 Å². The molecular weight excluding hydrogens is 271 g/mol. The van der Waals surface area contributed by atoms with E-state index < -0.39 is 11.9 Å². The molecule has 0 aliphatic carbocycles. The first-order valence-electron chi connectivity index (χ1n) is 5.87. The van der Waals surface area contributed by atoms with E-state index in [0.717, 1.165) is 0 Å². The van der Waals surface area contributed by atoms with Gasteiger partial charge in [-0.25, -0.2) is 4.39 Å². The minimum Gasteiger partial charge on any atom is -0.478 e. The molecule has 0 aliphatic heterocycles. The van der Waals surface area contributed by atoms with Gasteiger partial charge in [-0.15, -0.1) is 12.4 Å². The van der Waals surface area contributed by atoms with Crippen LogP contribution in [0.1, 0.15) is 6.92 Å². The Bertz CT molecular complexity index is 404. The molecule has 1 unspecified atom stereocenters. The van der Waals surface area contributed by atoms with E-state index in [4.69, 9.17) is 4.74 Å². The van der Waals surface area contributed by atoms with E-state index in [1.807, 2.05) is 7.05 Å². The van der Waals surface area contributed by atoms with Crippen LogP contribution in [0.5, 0.6) is 5.75 Å². The van der Waals surface area contributed by atoms with Crippen LogP contribution in [0.25, 0.3) is 0 Å². The average Bonchev–Trinajstić information content (AvgIpc) is 2.37. The van der Waals surface area contributed by atoms with Crippen LogP contribution in [-0.2, 0) is 4.79 Å². The van der Waals surface area contributed by atoms with Crippen LogP contribution in [0.4, 0.5) is 4.39 Å². The summed E-state index contributed by atoms with van der Waals surface area (Å²) in [7, 11) is 3.51. The van der Waals surface area contributed by atoms with Gasteiger partial charge in [0.05, 0.1) is 0 Å².